The molecule has 3 aromatic rings. The molecule has 1 aromatic heterocycles. The van der Waals surface area contributed by atoms with Gasteiger partial charge in [-0.15, -0.1) is 0 Å². The molecule has 0 aliphatic heterocycles. The van der Waals surface area contributed by atoms with Gasteiger partial charge in [-0.3, -0.25) is 24.6 Å². The number of anilines is 2. The second kappa shape index (κ2) is 5.21. The van der Waals surface area contributed by atoms with Crippen molar-refractivity contribution in [3.63, 3.8) is 0 Å². The lowest BCUT2D eigenvalue weighted by atomic mass is 10.1. The van der Waals surface area contributed by atoms with E-state index in [1.165, 1.54) is 6.07 Å². The summed E-state index contributed by atoms with van der Waals surface area (Å²) in [5.41, 5.74) is 5.87. The molecule has 0 bridgehead atoms. The van der Waals surface area contributed by atoms with E-state index in [2.05, 4.69) is 15.5 Å². The lowest BCUT2D eigenvalue weighted by Crippen LogP contribution is -2.21. The number of fused-ring (bicyclic) bond motifs is 1. The first-order chi connectivity index (χ1) is 10.6. The van der Waals surface area contributed by atoms with Gasteiger partial charge in [0.15, 0.2) is 0 Å². The number of nitrogen functional groups attached to an aromatic ring is 1. The van der Waals surface area contributed by atoms with Crippen molar-refractivity contribution < 1.29 is 4.79 Å². The van der Waals surface area contributed by atoms with E-state index < -0.39 is 17.0 Å². The maximum Gasteiger partial charge on any atom is 0.272 e. The number of nitrogens with one attached hydrogen (secondary N) is 3. The number of aromatic amines is 2. The van der Waals surface area contributed by atoms with Crippen LogP contribution in [-0.4, -0.2) is 16.1 Å². The summed E-state index contributed by atoms with van der Waals surface area (Å²) in [4.78, 5) is 35.9. The Morgan fingerprint density at radius 3 is 2.36 bits per heavy atom. The van der Waals surface area contributed by atoms with E-state index in [0.717, 1.165) is 0 Å². The molecule has 0 atom stereocenters. The Morgan fingerprint density at radius 2 is 1.64 bits per heavy atom. The minimum absolute atomic E-state index is 0.134. The number of H-pyrrole nitrogens is 2. The zero-order valence-electron chi connectivity index (χ0n) is 11.3. The Bertz CT molecular complexity index is 970. The summed E-state index contributed by atoms with van der Waals surface area (Å²) in [6, 6.07) is 11.0. The SMILES string of the molecule is Nc1ccc(C(=O)Nc2cccc3c(=O)[nH][nH]c(=O)c23)cc1. The van der Waals surface area contributed by atoms with Crippen molar-refractivity contribution in [3.8, 4) is 0 Å². The van der Waals surface area contributed by atoms with Crippen LogP contribution in [0.2, 0.25) is 0 Å². The first-order valence-electron chi connectivity index (χ1n) is 6.47. The smallest absolute Gasteiger partial charge is 0.272 e. The highest BCUT2D eigenvalue weighted by Gasteiger charge is 2.12. The minimum atomic E-state index is -0.484. The second-order valence-electron chi connectivity index (χ2n) is 4.71. The molecule has 0 radical (unpaired) electrons. The highest BCUT2D eigenvalue weighted by atomic mass is 16.2. The van der Waals surface area contributed by atoms with Crippen LogP contribution in [0, 0.1) is 0 Å². The molecule has 0 saturated carbocycles. The molecular weight excluding hydrogens is 284 g/mol. The largest absolute Gasteiger partial charge is 0.399 e. The van der Waals surface area contributed by atoms with E-state index in [4.69, 9.17) is 5.73 Å². The van der Waals surface area contributed by atoms with Crippen LogP contribution in [0.1, 0.15) is 10.4 Å². The van der Waals surface area contributed by atoms with Gasteiger partial charge in [-0.1, -0.05) is 6.07 Å². The van der Waals surface area contributed by atoms with Crippen LogP contribution in [0.4, 0.5) is 11.4 Å². The van der Waals surface area contributed by atoms with Crippen LogP contribution in [0.5, 0.6) is 0 Å². The highest BCUT2D eigenvalue weighted by Crippen LogP contribution is 2.18. The molecule has 5 N–H and O–H groups in total. The molecule has 3 rings (SSSR count). The molecule has 1 heterocycles. The molecule has 22 heavy (non-hydrogen) atoms. The Balaban J connectivity index is 2.06. The second-order valence-corrected chi connectivity index (χ2v) is 4.71. The van der Waals surface area contributed by atoms with Gasteiger partial charge < -0.3 is 11.1 Å². The van der Waals surface area contributed by atoms with Gasteiger partial charge in [0, 0.05) is 11.3 Å². The fraction of sp³-hybridized carbons (Fsp3) is 0. The van der Waals surface area contributed by atoms with Crippen molar-refractivity contribution >= 4 is 28.1 Å². The van der Waals surface area contributed by atoms with Crippen molar-refractivity contribution in [1.82, 2.24) is 10.2 Å². The van der Waals surface area contributed by atoms with Gasteiger partial charge in [0.1, 0.15) is 0 Å². The van der Waals surface area contributed by atoms with Crippen LogP contribution in [0.25, 0.3) is 10.8 Å². The number of amides is 1. The number of benzene rings is 2. The Morgan fingerprint density at radius 1 is 0.955 bits per heavy atom. The summed E-state index contributed by atoms with van der Waals surface area (Å²) in [5.74, 6) is -0.396. The summed E-state index contributed by atoms with van der Waals surface area (Å²) in [6.07, 6.45) is 0. The molecule has 2 aromatic carbocycles. The van der Waals surface area contributed by atoms with Crippen molar-refractivity contribution in [3.05, 3.63) is 68.7 Å². The van der Waals surface area contributed by atoms with E-state index in [9.17, 15) is 14.4 Å². The molecular formula is C15H12N4O3. The van der Waals surface area contributed by atoms with Gasteiger partial charge in [0.05, 0.1) is 16.5 Å². The van der Waals surface area contributed by atoms with Gasteiger partial charge in [-0.2, -0.15) is 0 Å². The Hall–Kier alpha value is -3.35. The first kappa shape index (κ1) is 13.6. The monoisotopic (exact) mass is 296 g/mol. The number of hydrogen-bond donors (Lipinski definition) is 4. The number of carbonyl (C=O) groups is 1. The van der Waals surface area contributed by atoms with Crippen LogP contribution in [-0.2, 0) is 0 Å². The lowest BCUT2D eigenvalue weighted by molar-refractivity contribution is 0.102. The van der Waals surface area contributed by atoms with E-state index in [1.54, 1.807) is 36.4 Å². The van der Waals surface area contributed by atoms with Gasteiger partial charge in [-0.05, 0) is 36.4 Å². The minimum Gasteiger partial charge on any atom is -0.399 e. The van der Waals surface area contributed by atoms with Crippen LogP contribution in [0.3, 0.4) is 0 Å². The van der Waals surface area contributed by atoms with E-state index in [0.29, 0.717) is 11.3 Å². The maximum absolute atomic E-state index is 12.2. The standard InChI is InChI=1S/C15H12N4O3/c16-9-6-4-8(5-7-9)13(20)17-11-3-1-2-10-12(11)15(22)19-18-14(10)21/h1-7H,16H2,(H,17,20)(H,18,21)(H,19,22). The number of aromatic nitrogens is 2. The topological polar surface area (TPSA) is 121 Å². The fourth-order valence-electron chi connectivity index (χ4n) is 2.16. The van der Waals surface area contributed by atoms with Crippen LogP contribution < -0.4 is 22.2 Å². The summed E-state index contributed by atoms with van der Waals surface area (Å²) in [7, 11) is 0. The van der Waals surface area contributed by atoms with Crippen molar-refractivity contribution in [2.75, 3.05) is 11.1 Å². The number of carbonyl (C=O) groups excluding carboxylic acids is 1. The van der Waals surface area contributed by atoms with Crippen molar-refractivity contribution in [1.29, 1.82) is 0 Å². The maximum atomic E-state index is 12.2. The van der Waals surface area contributed by atoms with Gasteiger partial charge in [-0.25, -0.2) is 0 Å². The average molecular weight is 296 g/mol. The predicted molar refractivity (Wildman–Crippen MR) is 84.0 cm³/mol. The summed E-state index contributed by atoms with van der Waals surface area (Å²) < 4.78 is 0. The summed E-state index contributed by atoms with van der Waals surface area (Å²) in [5, 5.41) is 7.46. The normalized spacial score (nSPS) is 10.5. The molecule has 0 aliphatic carbocycles. The zero-order chi connectivity index (χ0) is 15.7. The third kappa shape index (κ3) is 2.35. The van der Waals surface area contributed by atoms with Crippen LogP contribution >= 0.6 is 0 Å². The predicted octanol–water partition coefficient (Wildman–Crippen LogP) is 1.05. The molecule has 1 amide bonds. The molecule has 7 nitrogen and oxygen atoms in total. The number of hydrogen-bond acceptors (Lipinski definition) is 4. The van der Waals surface area contributed by atoms with Gasteiger partial charge in [0.25, 0.3) is 17.0 Å². The molecule has 7 heteroatoms. The van der Waals surface area contributed by atoms with Crippen LogP contribution in [0.15, 0.2) is 52.1 Å². The van der Waals surface area contributed by atoms with Crippen molar-refractivity contribution in [2.45, 2.75) is 0 Å². The fourth-order valence-corrected chi connectivity index (χ4v) is 2.16. The third-order valence-corrected chi connectivity index (χ3v) is 3.25. The molecule has 110 valence electrons. The van der Waals surface area contributed by atoms with Gasteiger partial charge >= 0.3 is 0 Å². The number of nitrogens with two attached hydrogens (primary N) is 1. The molecule has 0 fully saturated rings. The molecule has 0 spiro atoms. The highest BCUT2D eigenvalue weighted by molar-refractivity contribution is 6.08. The molecule has 0 aliphatic rings. The average Bonchev–Trinajstić information content (AvgIpc) is 2.52. The number of rotatable bonds is 2. The van der Waals surface area contributed by atoms with E-state index >= 15 is 0 Å². The van der Waals surface area contributed by atoms with E-state index in [-0.39, 0.29) is 16.5 Å². The molecule has 0 unspecified atom stereocenters. The quantitative estimate of drug-likeness (QED) is 0.528. The Kier molecular flexibility index (Phi) is 3.23. The zero-order valence-corrected chi connectivity index (χ0v) is 11.3. The third-order valence-electron chi connectivity index (χ3n) is 3.25. The first-order valence-corrected chi connectivity index (χ1v) is 6.47. The van der Waals surface area contributed by atoms with Crippen molar-refractivity contribution in [2.24, 2.45) is 0 Å². The van der Waals surface area contributed by atoms with E-state index in [1.807, 2.05) is 0 Å². The summed E-state index contributed by atoms with van der Waals surface area (Å²) >= 11 is 0. The lowest BCUT2D eigenvalue weighted by Gasteiger charge is -2.08. The van der Waals surface area contributed by atoms with Gasteiger partial charge in [0.2, 0.25) is 0 Å². The Labute approximate surface area is 123 Å². The summed E-state index contributed by atoms with van der Waals surface area (Å²) in [6.45, 7) is 0. The molecule has 0 saturated heterocycles.